The van der Waals surface area contributed by atoms with Gasteiger partial charge < -0.3 is 20.5 Å². The summed E-state index contributed by atoms with van der Waals surface area (Å²) in [6, 6.07) is 13.9. The number of carboxylic acids is 1. The van der Waals surface area contributed by atoms with E-state index in [-0.39, 0.29) is 12.5 Å². The standard InChI is InChI=1S/C25H27F3N2O5/c1-4-14(2)20(21(31)30-24(3,22(32)33)25(26,27)28)29-23(34)35-13-19-17-11-7-5-9-15(17)16-10-6-8-12-18(16)19/h5-12,14,19-20H,4,13H2,1-3H3,(H,29,34)(H,30,31)(H,32,33)/t14?,20-,24?/m0/s1. The molecule has 0 aliphatic heterocycles. The Hall–Kier alpha value is -3.56. The van der Waals surface area contributed by atoms with Gasteiger partial charge in [0.2, 0.25) is 11.4 Å². The molecule has 2 aromatic rings. The molecule has 0 bridgehead atoms. The molecule has 0 radical (unpaired) electrons. The van der Waals surface area contributed by atoms with Crippen LogP contribution in [0.1, 0.15) is 44.2 Å². The van der Waals surface area contributed by atoms with Gasteiger partial charge in [-0.1, -0.05) is 68.8 Å². The first-order valence-corrected chi connectivity index (χ1v) is 11.1. The number of amides is 2. The average molecular weight is 492 g/mol. The first-order valence-electron chi connectivity index (χ1n) is 11.1. The molecular formula is C25H27F3N2O5. The summed E-state index contributed by atoms with van der Waals surface area (Å²) in [4.78, 5) is 36.6. The molecule has 35 heavy (non-hydrogen) atoms. The van der Waals surface area contributed by atoms with Gasteiger partial charge in [-0.15, -0.1) is 0 Å². The minimum absolute atomic E-state index is 0.0515. The van der Waals surface area contributed by atoms with Crippen LogP contribution < -0.4 is 10.6 Å². The van der Waals surface area contributed by atoms with E-state index in [0.717, 1.165) is 22.3 Å². The van der Waals surface area contributed by atoms with Crippen LogP contribution >= 0.6 is 0 Å². The lowest BCUT2D eigenvalue weighted by Gasteiger charge is -2.32. The highest BCUT2D eigenvalue weighted by atomic mass is 19.4. The van der Waals surface area contributed by atoms with Gasteiger partial charge in [0.15, 0.2) is 0 Å². The number of nitrogens with one attached hydrogen (secondary N) is 2. The SMILES string of the molecule is CCC(C)[C@H](NC(=O)OCC1c2ccccc2-c2ccccc21)C(=O)NC(C)(C(=O)O)C(F)(F)F. The second-order valence-electron chi connectivity index (χ2n) is 8.75. The average Bonchev–Trinajstić information content (AvgIpc) is 3.13. The summed E-state index contributed by atoms with van der Waals surface area (Å²) < 4.78 is 45.4. The van der Waals surface area contributed by atoms with E-state index >= 15 is 0 Å². The van der Waals surface area contributed by atoms with Gasteiger partial charge in [-0.25, -0.2) is 9.59 Å². The molecule has 3 N–H and O–H groups in total. The number of halogens is 3. The molecule has 0 saturated heterocycles. The van der Waals surface area contributed by atoms with Crippen molar-refractivity contribution in [2.24, 2.45) is 5.92 Å². The van der Waals surface area contributed by atoms with Crippen molar-refractivity contribution >= 4 is 18.0 Å². The summed E-state index contributed by atoms with van der Waals surface area (Å²) in [5.74, 6) is -4.37. The van der Waals surface area contributed by atoms with Gasteiger partial charge in [0, 0.05) is 5.92 Å². The summed E-state index contributed by atoms with van der Waals surface area (Å²) in [5, 5.41) is 13.0. The van der Waals surface area contributed by atoms with Gasteiger partial charge in [0.1, 0.15) is 12.6 Å². The highest BCUT2D eigenvalue weighted by molar-refractivity contribution is 5.92. The number of alkyl halides is 3. The lowest BCUT2D eigenvalue weighted by Crippen LogP contribution is -2.65. The number of hydrogen-bond donors (Lipinski definition) is 3. The first kappa shape index (κ1) is 26.1. The summed E-state index contributed by atoms with van der Waals surface area (Å²) in [6.45, 7) is 3.54. The lowest BCUT2D eigenvalue weighted by atomic mass is 9.95. The third kappa shape index (κ3) is 5.11. The number of aliphatic carboxylic acids is 1. The molecule has 3 rings (SSSR count). The van der Waals surface area contributed by atoms with E-state index in [9.17, 15) is 27.6 Å². The monoisotopic (exact) mass is 492 g/mol. The molecule has 2 aromatic carbocycles. The maximum Gasteiger partial charge on any atom is 0.422 e. The fourth-order valence-electron chi connectivity index (χ4n) is 4.04. The predicted molar refractivity (Wildman–Crippen MR) is 122 cm³/mol. The predicted octanol–water partition coefficient (Wildman–Crippen LogP) is 4.46. The summed E-state index contributed by atoms with van der Waals surface area (Å²) >= 11 is 0. The van der Waals surface area contributed by atoms with Gasteiger partial charge in [0.25, 0.3) is 0 Å². The molecule has 0 aromatic heterocycles. The number of hydrogen-bond acceptors (Lipinski definition) is 4. The Morgan fingerprint density at radius 1 is 1.03 bits per heavy atom. The Kier molecular flexibility index (Phi) is 7.42. The molecule has 3 atom stereocenters. The molecule has 0 heterocycles. The molecule has 0 fully saturated rings. The topological polar surface area (TPSA) is 105 Å². The van der Waals surface area contributed by atoms with Crippen LogP contribution in [0.3, 0.4) is 0 Å². The van der Waals surface area contributed by atoms with Gasteiger partial charge >= 0.3 is 18.2 Å². The van der Waals surface area contributed by atoms with E-state index in [1.54, 1.807) is 19.2 Å². The van der Waals surface area contributed by atoms with E-state index in [1.165, 1.54) is 0 Å². The maximum atomic E-state index is 13.4. The van der Waals surface area contributed by atoms with Crippen LogP contribution in [0.15, 0.2) is 48.5 Å². The van der Waals surface area contributed by atoms with Gasteiger partial charge in [0.05, 0.1) is 0 Å². The number of carbonyl (C=O) groups excluding carboxylic acids is 2. The van der Waals surface area contributed by atoms with Crippen molar-refractivity contribution < 1.29 is 37.4 Å². The van der Waals surface area contributed by atoms with Gasteiger partial charge in [-0.05, 0) is 35.1 Å². The van der Waals surface area contributed by atoms with Crippen LogP contribution in [0, 0.1) is 5.92 Å². The van der Waals surface area contributed by atoms with Crippen LogP contribution in [0.25, 0.3) is 11.1 Å². The Labute approximate surface area is 200 Å². The van der Waals surface area contributed by atoms with Crippen LogP contribution in [-0.4, -0.2) is 47.4 Å². The van der Waals surface area contributed by atoms with E-state index in [1.807, 2.05) is 48.5 Å². The summed E-state index contributed by atoms with van der Waals surface area (Å²) in [6.07, 6.45) is -5.91. The highest BCUT2D eigenvalue weighted by Crippen LogP contribution is 2.44. The van der Waals surface area contributed by atoms with Gasteiger partial charge in [-0.3, -0.25) is 4.79 Å². The Morgan fingerprint density at radius 3 is 2.00 bits per heavy atom. The number of carboxylic acid groups (broad SMARTS) is 1. The summed E-state index contributed by atoms with van der Waals surface area (Å²) in [5.41, 5.74) is 0.474. The fourth-order valence-corrected chi connectivity index (χ4v) is 4.04. The van der Waals surface area contributed by atoms with E-state index in [0.29, 0.717) is 13.3 Å². The maximum absolute atomic E-state index is 13.4. The number of benzene rings is 2. The molecule has 1 aliphatic carbocycles. The lowest BCUT2D eigenvalue weighted by molar-refractivity contribution is -0.207. The zero-order valence-electron chi connectivity index (χ0n) is 19.5. The Balaban J connectivity index is 1.73. The first-order chi connectivity index (χ1) is 16.4. The van der Waals surface area contributed by atoms with E-state index in [2.05, 4.69) is 5.32 Å². The van der Waals surface area contributed by atoms with E-state index < -0.39 is 41.6 Å². The smallest absolute Gasteiger partial charge is 0.422 e. The van der Waals surface area contributed by atoms with Crippen LogP contribution in [0.4, 0.5) is 18.0 Å². The molecule has 2 unspecified atom stereocenters. The zero-order chi connectivity index (χ0) is 26.0. The zero-order valence-corrected chi connectivity index (χ0v) is 19.5. The number of ether oxygens (including phenoxy) is 1. The number of carbonyl (C=O) groups is 3. The molecule has 2 amide bonds. The van der Waals surface area contributed by atoms with Crippen molar-refractivity contribution in [3.8, 4) is 11.1 Å². The van der Waals surface area contributed by atoms with Gasteiger partial charge in [-0.2, -0.15) is 13.2 Å². The normalized spacial score (nSPS) is 16.3. The molecular weight excluding hydrogens is 465 g/mol. The summed E-state index contributed by atoms with van der Waals surface area (Å²) in [7, 11) is 0. The molecule has 10 heteroatoms. The Morgan fingerprint density at radius 2 is 1.54 bits per heavy atom. The van der Waals surface area contributed by atoms with Crippen molar-refractivity contribution in [3.63, 3.8) is 0 Å². The van der Waals surface area contributed by atoms with Crippen LogP contribution in [-0.2, 0) is 14.3 Å². The molecule has 0 saturated carbocycles. The van der Waals surface area contributed by atoms with Crippen molar-refractivity contribution in [3.05, 3.63) is 59.7 Å². The molecule has 0 spiro atoms. The molecule has 7 nitrogen and oxygen atoms in total. The van der Waals surface area contributed by atoms with Crippen molar-refractivity contribution in [1.29, 1.82) is 0 Å². The highest BCUT2D eigenvalue weighted by Gasteiger charge is 2.59. The van der Waals surface area contributed by atoms with Crippen molar-refractivity contribution in [2.75, 3.05) is 6.61 Å². The van der Waals surface area contributed by atoms with Crippen molar-refractivity contribution in [2.45, 2.75) is 50.9 Å². The second kappa shape index (κ2) is 9.97. The fraction of sp³-hybridized carbons (Fsp3) is 0.400. The molecule has 188 valence electrons. The minimum atomic E-state index is -5.25. The minimum Gasteiger partial charge on any atom is -0.479 e. The third-order valence-corrected chi connectivity index (χ3v) is 6.48. The molecule has 1 aliphatic rings. The van der Waals surface area contributed by atoms with Crippen molar-refractivity contribution in [1.82, 2.24) is 10.6 Å². The number of rotatable bonds is 8. The van der Waals surface area contributed by atoms with Crippen LogP contribution in [0.2, 0.25) is 0 Å². The Bertz CT molecular complexity index is 1070. The second-order valence-corrected chi connectivity index (χ2v) is 8.75. The van der Waals surface area contributed by atoms with E-state index in [4.69, 9.17) is 9.84 Å². The third-order valence-electron chi connectivity index (χ3n) is 6.48. The number of alkyl carbamates (subject to hydrolysis) is 1. The largest absolute Gasteiger partial charge is 0.479 e. The quantitative estimate of drug-likeness (QED) is 0.505. The number of fused-ring (bicyclic) bond motifs is 3. The van der Waals surface area contributed by atoms with Crippen LogP contribution in [0.5, 0.6) is 0 Å².